The van der Waals surface area contributed by atoms with E-state index in [-0.39, 0.29) is 17.3 Å². The topological polar surface area (TPSA) is 73.6 Å². The summed E-state index contributed by atoms with van der Waals surface area (Å²) >= 11 is 0. The largest absolute Gasteiger partial charge is 0.357 e. The molecule has 0 aliphatic carbocycles. The van der Waals surface area contributed by atoms with E-state index in [0.29, 0.717) is 5.69 Å². The van der Waals surface area contributed by atoms with Gasteiger partial charge in [-0.1, -0.05) is 0 Å². The van der Waals surface area contributed by atoms with Crippen molar-refractivity contribution in [1.82, 2.24) is 9.97 Å². The summed E-state index contributed by atoms with van der Waals surface area (Å²) in [4.78, 5) is 7.58. The van der Waals surface area contributed by atoms with Gasteiger partial charge in [0.2, 0.25) is 5.95 Å². The maximum atomic E-state index is 13.5. The molecule has 0 atom stereocenters. The lowest BCUT2D eigenvalue weighted by Crippen LogP contribution is -2.03. The molecular weight excluding hydrogens is 252 g/mol. The van der Waals surface area contributed by atoms with Gasteiger partial charge < -0.3 is 10.6 Å². The fraction of sp³-hybridized carbons (Fsp3) is 0.0833. The number of benzene rings is 1. The van der Waals surface area contributed by atoms with Crippen LogP contribution in [0.1, 0.15) is 5.56 Å². The van der Waals surface area contributed by atoms with E-state index in [4.69, 9.17) is 5.26 Å². The molecule has 0 saturated carbocycles. The lowest BCUT2D eigenvalue weighted by molar-refractivity contribution is 0.619. The van der Waals surface area contributed by atoms with E-state index in [1.165, 1.54) is 12.1 Å². The van der Waals surface area contributed by atoms with Gasteiger partial charge in [0.1, 0.15) is 11.9 Å². The second kappa shape index (κ2) is 5.27. The lowest BCUT2D eigenvalue weighted by Gasteiger charge is -2.08. The van der Waals surface area contributed by atoms with Crippen LogP contribution in [0.25, 0.3) is 0 Å². The van der Waals surface area contributed by atoms with Crippen molar-refractivity contribution in [3.05, 3.63) is 41.6 Å². The Bertz CT molecular complexity index is 651. The first-order valence-corrected chi connectivity index (χ1v) is 5.31. The van der Waals surface area contributed by atoms with E-state index in [0.717, 1.165) is 12.3 Å². The Labute approximate surface area is 107 Å². The molecular formula is C12H9F2N5. The number of hydrogen-bond acceptors (Lipinski definition) is 5. The second-order valence-electron chi connectivity index (χ2n) is 3.57. The predicted molar refractivity (Wildman–Crippen MR) is 65.9 cm³/mol. The van der Waals surface area contributed by atoms with Crippen LogP contribution in [0, 0.1) is 23.0 Å². The Kier molecular flexibility index (Phi) is 3.52. The number of halogens is 2. The van der Waals surface area contributed by atoms with Gasteiger partial charge in [0.15, 0.2) is 11.6 Å². The zero-order valence-electron chi connectivity index (χ0n) is 9.91. The first kappa shape index (κ1) is 12.7. The van der Waals surface area contributed by atoms with Gasteiger partial charge in [-0.3, -0.25) is 0 Å². The van der Waals surface area contributed by atoms with Crippen LogP contribution in [-0.2, 0) is 0 Å². The number of hydrogen-bond donors (Lipinski definition) is 2. The van der Waals surface area contributed by atoms with E-state index < -0.39 is 11.6 Å². The third-order valence-corrected chi connectivity index (χ3v) is 2.32. The van der Waals surface area contributed by atoms with E-state index in [1.54, 1.807) is 13.1 Å². The minimum absolute atomic E-state index is 0.0603. The van der Waals surface area contributed by atoms with Gasteiger partial charge >= 0.3 is 0 Å². The molecule has 96 valence electrons. The molecule has 0 amide bonds. The Morgan fingerprint density at radius 3 is 2.74 bits per heavy atom. The summed E-state index contributed by atoms with van der Waals surface area (Å²) in [5, 5.41) is 14.1. The molecule has 0 aliphatic heterocycles. The Hall–Kier alpha value is -2.75. The highest BCUT2D eigenvalue weighted by Crippen LogP contribution is 2.20. The molecule has 1 aromatic heterocycles. The zero-order chi connectivity index (χ0) is 13.8. The molecule has 7 heteroatoms. The van der Waals surface area contributed by atoms with Gasteiger partial charge in [-0.05, 0) is 18.2 Å². The molecule has 0 bridgehead atoms. The van der Waals surface area contributed by atoms with Crippen molar-refractivity contribution in [2.45, 2.75) is 0 Å². The number of nitriles is 1. The third-order valence-electron chi connectivity index (χ3n) is 2.32. The van der Waals surface area contributed by atoms with Crippen LogP contribution in [0.4, 0.5) is 26.2 Å². The van der Waals surface area contributed by atoms with E-state index >= 15 is 0 Å². The van der Waals surface area contributed by atoms with Gasteiger partial charge in [-0.2, -0.15) is 10.2 Å². The van der Waals surface area contributed by atoms with Gasteiger partial charge in [0.25, 0.3) is 0 Å². The van der Waals surface area contributed by atoms with Crippen molar-refractivity contribution in [3.63, 3.8) is 0 Å². The summed E-state index contributed by atoms with van der Waals surface area (Å²) in [6.07, 6.45) is 1.01. The molecule has 0 aliphatic rings. The van der Waals surface area contributed by atoms with Crippen LogP contribution >= 0.6 is 0 Å². The standard InChI is InChI=1S/C12H9F2N5/c1-16-12-17-6-10(14)11(19-12)18-8-2-3-9(13)7(4-8)5-15/h2-4,6H,1H3,(H2,16,17,18,19). The van der Waals surface area contributed by atoms with Crippen molar-refractivity contribution >= 4 is 17.5 Å². The molecule has 2 N–H and O–H groups in total. The number of nitrogens with one attached hydrogen (secondary N) is 2. The molecule has 5 nitrogen and oxygen atoms in total. The normalized spacial score (nSPS) is 9.79. The molecule has 0 saturated heterocycles. The number of rotatable bonds is 3. The molecule has 19 heavy (non-hydrogen) atoms. The SMILES string of the molecule is CNc1ncc(F)c(Nc2ccc(F)c(C#N)c2)n1. The molecule has 2 aromatic rings. The fourth-order valence-corrected chi connectivity index (χ4v) is 1.40. The van der Waals surface area contributed by atoms with E-state index in [9.17, 15) is 8.78 Å². The highest BCUT2D eigenvalue weighted by molar-refractivity contribution is 5.59. The first-order chi connectivity index (χ1) is 9.13. The maximum absolute atomic E-state index is 13.5. The summed E-state index contributed by atoms with van der Waals surface area (Å²) < 4.78 is 26.6. The van der Waals surface area contributed by atoms with Gasteiger partial charge in [0.05, 0.1) is 11.8 Å². The summed E-state index contributed by atoms with van der Waals surface area (Å²) in [5.41, 5.74) is 0.228. The van der Waals surface area contributed by atoms with Gasteiger partial charge in [-0.25, -0.2) is 13.8 Å². The van der Waals surface area contributed by atoms with Gasteiger partial charge in [0, 0.05) is 12.7 Å². The molecule has 1 heterocycles. The molecule has 0 unspecified atom stereocenters. The summed E-state index contributed by atoms with van der Waals surface area (Å²) in [7, 11) is 1.60. The molecule has 0 fully saturated rings. The van der Waals surface area contributed by atoms with Crippen LogP contribution in [-0.4, -0.2) is 17.0 Å². The molecule has 1 aromatic carbocycles. The molecule has 0 spiro atoms. The van der Waals surface area contributed by atoms with Crippen molar-refractivity contribution < 1.29 is 8.78 Å². The Morgan fingerprint density at radius 2 is 2.05 bits per heavy atom. The van der Waals surface area contributed by atoms with Crippen LogP contribution in [0.3, 0.4) is 0 Å². The maximum Gasteiger partial charge on any atom is 0.224 e. The Morgan fingerprint density at radius 1 is 1.26 bits per heavy atom. The summed E-state index contributed by atoms with van der Waals surface area (Å²) in [6, 6.07) is 5.49. The summed E-state index contributed by atoms with van der Waals surface area (Å²) in [6.45, 7) is 0. The third kappa shape index (κ3) is 2.74. The van der Waals surface area contributed by atoms with Gasteiger partial charge in [-0.15, -0.1) is 0 Å². The lowest BCUT2D eigenvalue weighted by atomic mass is 10.2. The minimum atomic E-state index is -0.651. The number of aromatic nitrogens is 2. The molecule has 0 radical (unpaired) electrons. The summed E-state index contributed by atoms with van der Waals surface area (Å²) in [5.74, 6) is -1.10. The second-order valence-corrected chi connectivity index (χ2v) is 3.57. The number of nitrogens with zero attached hydrogens (tertiary/aromatic N) is 3. The van der Waals surface area contributed by atoms with E-state index in [1.807, 2.05) is 0 Å². The zero-order valence-corrected chi connectivity index (χ0v) is 9.91. The van der Waals surface area contributed by atoms with Crippen molar-refractivity contribution in [2.75, 3.05) is 17.7 Å². The minimum Gasteiger partial charge on any atom is -0.357 e. The predicted octanol–water partition coefficient (Wildman–Crippen LogP) is 2.41. The average Bonchev–Trinajstić information content (AvgIpc) is 2.43. The monoisotopic (exact) mass is 261 g/mol. The quantitative estimate of drug-likeness (QED) is 0.887. The van der Waals surface area contributed by atoms with Crippen LogP contribution < -0.4 is 10.6 Å². The van der Waals surface area contributed by atoms with Crippen molar-refractivity contribution in [2.24, 2.45) is 0 Å². The average molecular weight is 261 g/mol. The Balaban J connectivity index is 2.33. The number of anilines is 3. The highest BCUT2D eigenvalue weighted by Gasteiger charge is 2.08. The fourth-order valence-electron chi connectivity index (χ4n) is 1.40. The van der Waals surface area contributed by atoms with Crippen molar-refractivity contribution in [1.29, 1.82) is 5.26 Å². The smallest absolute Gasteiger partial charge is 0.224 e. The van der Waals surface area contributed by atoms with Crippen molar-refractivity contribution in [3.8, 4) is 6.07 Å². The molecule has 2 rings (SSSR count). The van der Waals surface area contributed by atoms with Crippen LogP contribution in [0.5, 0.6) is 0 Å². The van der Waals surface area contributed by atoms with E-state index in [2.05, 4.69) is 20.6 Å². The first-order valence-electron chi connectivity index (χ1n) is 5.31. The van der Waals surface area contributed by atoms with Crippen LogP contribution in [0.15, 0.2) is 24.4 Å². The van der Waals surface area contributed by atoms with Crippen LogP contribution in [0.2, 0.25) is 0 Å². The highest BCUT2D eigenvalue weighted by atomic mass is 19.1.